The van der Waals surface area contributed by atoms with Gasteiger partial charge >= 0.3 is 0 Å². The molecule has 150 valence electrons. The summed E-state index contributed by atoms with van der Waals surface area (Å²) in [5.74, 6) is 0.243. The van der Waals surface area contributed by atoms with Gasteiger partial charge in [-0.15, -0.1) is 0 Å². The zero-order chi connectivity index (χ0) is 20.7. The van der Waals surface area contributed by atoms with Gasteiger partial charge in [0.25, 0.3) is 0 Å². The Hall–Kier alpha value is -2.57. The first-order valence-corrected chi connectivity index (χ1v) is 9.43. The topological polar surface area (TPSA) is 70.7 Å². The van der Waals surface area contributed by atoms with E-state index in [1.165, 1.54) is 0 Å². The molecule has 0 saturated heterocycles. The number of ether oxygens (including phenoxy) is 1. The largest absolute Gasteiger partial charge is 0.497 e. The van der Waals surface area contributed by atoms with Crippen LogP contribution in [-0.2, 0) is 9.59 Å². The van der Waals surface area contributed by atoms with Crippen LogP contribution in [0.4, 0.5) is 11.4 Å². The first kappa shape index (κ1) is 21.7. The Bertz CT molecular complexity index is 832. The summed E-state index contributed by atoms with van der Waals surface area (Å²) in [7, 11) is 1.57. The van der Waals surface area contributed by atoms with Crippen LogP contribution >= 0.6 is 11.6 Å². The van der Waals surface area contributed by atoms with Gasteiger partial charge in [0.1, 0.15) is 5.75 Å². The van der Waals surface area contributed by atoms with Crippen LogP contribution in [0.5, 0.6) is 5.75 Å². The highest BCUT2D eigenvalue weighted by Crippen LogP contribution is 2.27. The number of carbonyl (C=O) groups is 2. The lowest BCUT2D eigenvalue weighted by Crippen LogP contribution is -2.38. The molecule has 2 amide bonds. The summed E-state index contributed by atoms with van der Waals surface area (Å²) in [5, 5.41) is 6.17. The third-order valence-corrected chi connectivity index (χ3v) is 4.53. The summed E-state index contributed by atoms with van der Waals surface area (Å²) < 4.78 is 5.15. The van der Waals surface area contributed by atoms with Crippen molar-refractivity contribution in [3.8, 4) is 5.75 Å². The quantitative estimate of drug-likeness (QED) is 0.702. The third-order valence-electron chi connectivity index (χ3n) is 4.23. The molecular formula is C21H26ClN3O3. The Labute approximate surface area is 170 Å². The molecule has 0 unspecified atom stereocenters. The molecule has 0 radical (unpaired) electrons. The van der Waals surface area contributed by atoms with Crippen molar-refractivity contribution in [1.82, 2.24) is 4.90 Å². The monoisotopic (exact) mass is 403 g/mol. The lowest BCUT2D eigenvalue weighted by Gasteiger charge is -2.20. The molecule has 2 aromatic rings. The number of nitrogens with one attached hydrogen (secondary N) is 2. The Balaban J connectivity index is 1.94. The van der Waals surface area contributed by atoms with Gasteiger partial charge in [-0.05, 0) is 49.7 Å². The Morgan fingerprint density at radius 3 is 2.36 bits per heavy atom. The smallest absolute Gasteiger partial charge is 0.238 e. The molecule has 0 heterocycles. The number of halogens is 1. The van der Waals surface area contributed by atoms with E-state index in [1.807, 2.05) is 32.9 Å². The van der Waals surface area contributed by atoms with E-state index in [2.05, 4.69) is 10.6 Å². The van der Waals surface area contributed by atoms with Crippen LogP contribution in [0, 0.1) is 13.8 Å². The van der Waals surface area contributed by atoms with Gasteiger partial charge in [0.15, 0.2) is 0 Å². The predicted molar refractivity (Wildman–Crippen MR) is 113 cm³/mol. The molecule has 2 aromatic carbocycles. The summed E-state index contributed by atoms with van der Waals surface area (Å²) in [6, 6.07) is 10.9. The maximum atomic E-state index is 12.4. The van der Waals surface area contributed by atoms with E-state index in [0.29, 0.717) is 28.7 Å². The maximum Gasteiger partial charge on any atom is 0.238 e. The van der Waals surface area contributed by atoms with Crippen molar-refractivity contribution in [3.63, 3.8) is 0 Å². The van der Waals surface area contributed by atoms with Gasteiger partial charge in [0.2, 0.25) is 11.8 Å². The van der Waals surface area contributed by atoms with E-state index >= 15 is 0 Å². The second-order valence-corrected chi connectivity index (χ2v) is 6.98. The van der Waals surface area contributed by atoms with E-state index in [1.54, 1.807) is 36.3 Å². The zero-order valence-corrected chi connectivity index (χ0v) is 17.4. The van der Waals surface area contributed by atoms with E-state index < -0.39 is 0 Å². The van der Waals surface area contributed by atoms with Gasteiger partial charge in [0, 0.05) is 11.8 Å². The molecule has 0 aliphatic carbocycles. The van der Waals surface area contributed by atoms with E-state index in [-0.39, 0.29) is 24.9 Å². The van der Waals surface area contributed by atoms with Crippen LogP contribution in [0.1, 0.15) is 18.1 Å². The fourth-order valence-electron chi connectivity index (χ4n) is 2.84. The van der Waals surface area contributed by atoms with Crippen molar-refractivity contribution in [1.29, 1.82) is 0 Å². The summed E-state index contributed by atoms with van der Waals surface area (Å²) in [6.45, 7) is 6.49. The number of nitrogens with zero attached hydrogens (tertiary/aromatic N) is 1. The average molecular weight is 404 g/mol. The van der Waals surface area contributed by atoms with Crippen molar-refractivity contribution in [2.45, 2.75) is 20.8 Å². The van der Waals surface area contributed by atoms with E-state index in [9.17, 15) is 9.59 Å². The number of benzene rings is 2. The second-order valence-electron chi connectivity index (χ2n) is 6.57. The number of hydrogen-bond donors (Lipinski definition) is 2. The Morgan fingerprint density at radius 2 is 1.75 bits per heavy atom. The van der Waals surface area contributed by atoms with Gasteiger partial charge in [-0.3, -0.25) is 14.5 Å². The van der Waals surface area contributed by atoms with E-state index in [0.717, 1.165) is 11.1 Å². The standard InChI is InChI=1S/C21H26ClN3O3/c1-5-25(12-19(26)23-16-7-6-8-17(11-16)28-4)13-20(27)24-21-15(3)9-14(2)10-18(21)22/h6-11H,5,12-13H2,1-4H3,(H,23,26)(H,24,27). The Kier molecular flexibility index (Phi) is 7.84. The van der Waals surface area contributed by atoms with Crippen LogP contribution in [0.3, 0.4) is 0 Å². The van der Waals surface area contributed by atoms with Crippen LogP contribution in [0.15, 0.2) is 36.4 Å². The van der Waals surface area contributed by atoms with Crippen molar-refractivity contribution in [2.24, 2.45) is 0 Å². The number of amides is 2. The summed E-state index contributed by atoms with van der Waals surface area (Å²) in [5.41, 5.74) is 3.18. The summed E-state index contributed by atoms with van der Waals surface area (Å²) in [4.78, 5) is 26.5. The lowest BCUT2D eigenvalue weighted by molar-refractivity contribution is -0.119. The third kappa shape index (κ3) is 6.25. The number of methoxy groups -OCH3 is 1. The number of anilines is 2. The fourth-order valence-corrected chi connectivity index (χ4v) is 3.21. The molecule has 6 nitrogen and oxygen atoms in total. The molecule has 0 aliphatic heterocycles. The fraction of sp³-hybridized carbons (Fsp3) is 0.333. The van der Waals surface area contributed by atoms with Crippen LogP contribution < -0.4 is 15.4 Å². The molecule has 2 rings (SSSR count). The molecule has 28 heavy (non-hydrogen) atoms. The second kappa shape index (κ2) is 10.1. The molecule has 0 aromatic heterocycles. The molecule has 0 saturated carbocycles. The minimum atomic E-state index is -0.218. The highest BCUT2D eigenvalue weighted by molar-refractivity contribution is 6.34. The first-order chi connectivity index (χ1) is 13.3. The van der Waals surface area contributed by atoms with Crippen molar-refractivity contribution in [3.05, 3.63) is 52.5 Å². The minimum Gasteiger partial charge on any atom is -0.497 e. The minimum absolute atomic E-state index is 0.0890. The molecule has 0 bridgehead atoms. The number of likely N-dealkylation sites (N-methyl/N-ethyl adjacent to an activating group) is 1. The van der Waals surface area contributed by atoms with Crippen LogP contribution in [0.25, 0.3) is 0 Å². The molecule has 7 heteroatoms. The number of hydrogen-bond acceptors (Lipinski definition) is 4. The first-order valence-electron chi connectivity index (χ1n) is 9.05. The number of aryl methyl sites for hydroxylation is 2. The molecule has 0 spiro atoms. The highest BCUT2D eigenvalue weighted by atomic mass is 35.5. The maximum absolute atomic E-state index is 12.4. The SMILES string of the molecule is CCN(CC(=O)Nc1cccc(OC)c1)CC(=O)Nc1c(C)cc(C)cc1Cl. The number of carbonyl (C=O) groups excluding carboxylic acids is 2. The summed E-state index contributed by atoms with van der Waals surface area (Å²) in [6.07, 6.45) is 0. The van der Waals surface area contributed by atoms with Gasteiger partial charge < -0.3 is 15.4 Å². The van der Waals surface area contributed by atoms with Gasteiger partial charge in [0.05, 0.1) is 30.9 Å². The average Bonchev–Trinajstić information content (AvgIpc) is 2.64. The molecule has 0 fully saturated rings. The Morgan fingerprint density at radius 1 is 1.07 bits per heavy atom. The van der Waals surface area contributed by atoms with Crippen molar-refractivity contribution >= 4 is 34.8 Å². The molecular weight excluding hydrogens is 378 g/mol. The van der Waals surface area contributed by atoms with Crippen molar-refractivity contribution < 1.29 is 14.3 Å². The summed E-state index contributed by atoms with van der Waals surface area (Å²) >= 11 is 6.25. The van der Waals surface area contributed by atoms with Gasteiger partial charge in [-0.2, -0.15) is 0 Å². The zero-order valence-electron chi connectivity index (χ0n) is 16.6. The van der Waals surface area contributed by atoms with E-state index in [4.69, 9.17) is 16.3 Å². The van der Waals surface area contributed by atoms with Gasteiger partial charge in [-0.1, -0.05) is 30.7 Å². The predicted octanol–water partition coefficient (Wildman–Crippen LogP) is 3.86. The van der Waals surface area contributed by atoms with Crippen LogP contribution in [0.2, 0.25) is 5.02 Å². The highest BCUT2D eigenvalue weighted by Gasteiger charge is 2.15. The molecule has 2 N–H and O–H groups in total. The lowest BCUT2D eigenvalue weighted by atomic mass is 10.1. The molecule has 0 atom stereocenters. The van der Waals surface area contributed by atoms with Crippen molar-refractivity contribution in [2.75, 3.05) is 37.4 Å². The van der Waals surface area contributed by atoms with Gasteiger partial charge in [-0.25, -0.2) is 0 Å². The van der Waals surface area contributed by atoms with Crippen LogP contribution in [-0.4, -0.2) is 43.5 Å². The normalized spacial score (nSPS) is 10.6. The molecule has 0 aliphatic rings. The number of rotatable bonds is 8.